The van der Waals surface area contributed by atoms with E-state index in [1.165, 1.54) is 45.8 Å². The van der Waals surface area contributed by atoms with Crippen LogP contribution in [0.15, 0.2) is 103 Å². The standard InChI is InChI=1S/C27H30F6N6O2.C24H27BrF6N4O2.C3H4N2/c1-5-20-11-21(15-39(20)24(40)41-25(2,3)4)38(23-35-12-22(13-36-23)37-7-6-34-16-37)14-17-8-18(26(28,29)30)10-19(9-17)27(31,32)33;1-5-18-9-19(13-35(18)21(36)37-22(2,3)4)34(20-32-10-17(25)11-33-20)12-14-6-15(23(26,27)28)8-16(7-14)24(29,30)31;1-2-5-3-4-1/h6-10,12-13,16,20-21H,5,11,14-15H2,1-4H3;6-8,10-11,18-19H,5,9,12-13H2,1-4H3;1-3H,(H,4,5)/t20-,21+;18-,19+;/m11./s1. The number of rotatable bonds is 11. The highest BCUT2D eigenvalue weighted by Crippen LogP contribution is 2.40. The maximum Gasteiger partial charge on any atom is 0.416 e. The lowest BCUT2D eigenvalue weighted by atomic mass is 10.0. The SMILES string of the molecule is CC[C@@H]1C[C@H](N(Cc2cc(C(F)(F)F)cc(C(F)(F)F)c2)c2ncc(-n3ccnc3)cn2)CN1C(=O)OC(C)(C)C.CC[C@@H]1C[C@H](N(Cc2cc(C(F)(F)F)cc(C(F)(F)F)c2)c2ncc(Br)cn2)CN1C(=O)OC(C)(C)C.c1c[nH]cn1. The van der Waals surface area contributed by atoms with E-state index in [-0.39, 0.29) is 73.4 Å². The van der Waals surface area contributed by atoms with Gasteiger partial charge in [0, 0.05) is 75.4 Å². The lowest BCUT2D eigenvalue weighted by Crippen LogP contribution is -2.42. The number of benzene rings is 2. The molecule has 6 aromatic rings. The normalized spacial score (nSPS) is 17.7. The molecular weight excluding hydrogens is 1190 g/mol. The Morgan fingerprint density at radius 1 is 0.590 bits per heavy atom. The zero-order valence-electron chi connectivity index (χ0n) is 46.2. The molecular formula is C54H61BrF12N12O4. The number of anilines is 2. The number of nitrogens with zero attached hydrogens (tertiary/aromatic N) is 11. The van der Waals surface area contributed by atoms with Gasteiger partial charge in [-0.2, -0.15) is 52.7 Å². The Hall–Kier alpha value is -7.20. The second-order valence-electron chi connectivity index (χ2n) is 21.4. The van der Waals surface area contributed by atoms with Crippen LogP contribution >= 0.6 is 15.9 Å². The molecule has 2 amide bonds. The first-order valence-corrected chi connectivity index (χ1v) is 26.6. The van der Waals surface area contributed by atoms with Crippen LogP contribution in [0.4, 0.5) is 74.2 Å². The number of likely N-dealkylation sites (tertiary alicyclic amines) is 2. The predicted octanol–water partition coefficient (Wildman–Crippen LogP) is 14.0. The molecule has 4 aromatic heterocycles. The lowest BCUT2D eigenvalue weighted by Gasteiger charge is -2.30. The monoisotopic (exact) mass is 1250 g/mol. The molecule has 2 aliphatic heterocycles. The Balaban J connectivity index is 0.000000246. The lowest BCUT2D eigenvalue weighted by molar-refractivity contribution is -0.144. The summed E-state index contributed by atoms with van der Waals surface area (Å²) in [5, 5.41) is 0. The smallest absolute Gasteiger partial charge is 0.416 e. The molecule has 2 fully saturated rings. The molecule has 6 heterocycles. The summed E-state index contributed by atoms with van der Waals surface area (Å²) in [6.07, 6.45) is -3.45. The number of hydrogen-bond donors (Lipinski definition) is 1. The molecule has 83 heavy (non-hydrogen) atoms. The number of carbonyl (C=O) groups is 2. The molecule has 2 saturated heterocycles. The molecule has 452 valence electrons. The number of aromatic amines is 1. The summed E-state index contributed by atoms with van der Waals surface area (Å²) >= 11 is 3.22. The molecule has 2 aromatic carbocycles. The molecule has 0 radical (unpaired) electrons. The summed E-state index contributed by atoms with van der Waals surface area (Å²) in [5.41, 5.74) is -7.00. The minimum Gasteiger partial charge on any atom is -0.444 e. The van der Waals surface area contributed by atoms with Gasteiger partial charge in [-0.1, -0.05) is 13.8 Å². The van der Waals surface area contributed by atoms with Gasteiger partial charge in [0.05, 0.1) is 69.5 Å². The maximum atomic E-state index is 13.6. The van der Waals surface area contributed by atoms with Gasteiger partial charge < -0.3 is 38.6 Å². The van der Waals surface area contributed by atoms with Crippen LogP contribution in [-0.2, 0) is 47.3 Å². The number of alkyl halides is 12. The second kappa shape index (κ2) is 26.2. The van der Waals surface area contributed by atoms with E-state index >= 15 is 0 Å². The topological polar surface area (TPSA) is 164 Å². The van der Waals surface area contributed by atoms with Crippen molar-refractivity contribution in [3.63, 3.8) is 0 Å². The summed E-state index contributed by atoms with van der Waals surface area (Å²) in [6, 6.07) is 1.45. The van der Waals surface area contributed by atoms with Crippen LogP contribution in [-0.4, -0.2) is 110 Å². The van der Waals surface area contributed by atoms with Crippen LogP contribution in [0.2, 0.25) is 0 Å². The van der Waals surface area contributed by atoms with Gasteiger partial charge in [-0.15, -0.1) is 0 Å². The Morgan fingerprint density at radius 2 is 0.976 bits per heavy atom. The Kier molecular flexibility index (Phi) is 20.5. The summed E-state index contributed by atoms with van der Waals surface area (Å²) in [7, 11) is 0. The van der Waals surface area contributed by atoms with Gasteiger partial charge in [0.15, 0.2) is 0 Å². The van der Waals surface area contributed by atoms with Crippen LogP contribution < -0.4 is 9.80 Å². The first kappa shape index (κ1) is 65.0. The molecule has 2 aliphatic rings. The zero-order chi connectivity index (χ0) is 61.5. The Labute approximate surface area is 478 Å². The van der Waals surface area contributed by atoms with Gasteiger partial charge in [-0.05, 0) is 131 Å². The van der Waals surface area contributed by atoms with E-state index in [1.54, 1.807) is 82.1 Å². The van der Waals surface area contributed by atoms with Crippen LogP contribution in [0.3, 0.4) is 0 Å². The highest BCUT2D eigenvalue weighted by molar-refractivity contribution is 9.10. The average molecular weight is 1250 g/mol. The molecule has 8 rings (SSSR count). The molecule has 4 atom stereocenters. The van der Waals surface area contributed by atoms with Crippen LogP contribution in [0.25, 0.3) is 5.69 Å². The van der Waals surface area contributed by atoms with Crippen LogP contribution in [0.5, 0.6) is 0 Å². The predicted molar refractivity (Wildman–Crippen MR) is 284 cm³/mol. The molecule has 0 unspecified atom stereocenters. The number of H-pyrrole nitrogens is 1. The van der Waals surface area contributed by atoms with E-state index in [2.05, 4.69) is 50.8 Å². The molecule has 0 aliphatic carbocycles. The van der Waals surface area contributed by atoms with Crippen molar-refractivity contribution < 1.29 is 71.7 Å². The van der Waals surface area contributed by atoms with Gasteiger partial charge in [0.2, 0.25) is 11.9 Å². The van der Waals surface area contributed by atoms with E-state index in [1.807, 2.05) is 13.8 Å². The summed E-state index contributed by atoms with van der Waals surface area (Å²) in [5.74, 6) is 0.200. The fraction of sp³-hybridized carbons (Fsp3) is 0.481. The quantitative estimate of drug-likeness (QED) is 0.122. The number of ether oxygens (including phenoxy) is 2. The maximum absolute atomic E-state index is 13.6. The molecule has 16 nitrogen and oxygen atoms in total. The van der Waals surface area contributed by atoms with Crippen molar-refractivity contribution in [3.05, 3.63) is 136 Å². The van der Waals surface area contributed by atoms with E-state index in [0.717, 1.165) is 0 Å². The second-order valence-corrected chi connectivity index (χ2v) is 22.3. The van der Waals surface area contributed by atoms with Crippen molar-refractivity contribution in [2.75, 3.05) is 22.9 Å². The highest BCUT2D eigenvalue weighted by atomic mass is 79.9. The number of aromatic nitrogens is 8. The van der Waals surface area contributed by atoms with E-state index in [4.69, 9.17) is 9.47 Å². The molecule has 0 bridgehead atoms. The minimum atomic E-state index is -4.99. The van der Waals surface area contributed by atoms with Crippen molar-refractivity contribution in [1.82, 2.24) is 49.3 Å². The highest BCUT2D eigenvalue weighted by Gasteiger charge is 2.44. The van der Waals surface area contributed by atoms with E-state index in [0.29, 0.717) is 60.1 Å². The third-order valence-electron chi connectivity index (χ3n) is 12.8. The van der Waals surface area contributed by atoms with Crippen molar-refractivity contribution in [3.8, 4) is 5.69 Å². The van der Waals surface area contributed by atoms with Gasteiger partial charge >= 0.3 is 36.9 Å². The number of halogens is 13. The van der Waals surface area contributed by atoms with Crippen molar-refractivity contribution in [2.45, 2.75) is 154 Å². The molecule has 1 N–H and O–H groups in total. The molecule has 0 saturated carbocycles. The third-order valence-corrected chi connectivity index (χ3v) is 13.2. The number of nitrogens with one attached hydrogen (secondary N) is 1. The Morgan fingerprint density at radius 3 is 1.27 bits per heavy atom. The van der Waals surface area contributed by atoms with E-state index < -0.39 is 82.4 Å². The molecule has 0 spiro atoms. The average Bonchev–Trinajstić information content (AvgIpc) is 4.40. The van der Waals surface area contributed by atoms with Crippen molar-refractivity contribution in [1.29, 1.82) is 0 Å². The fourth-order valence-corrected chi connectivity index (χ4v) is 9.32. The van der Waals surface area contributed by atoms with Crippen molar-refractivity contribution >= 4 is 40.0 Å². The largest absolute Gasteiger partial charge is 0.444 e. The van der Waals surface area contributed by atoms with Crippen molar-refractivity contribution in [2.24, 2.45) is 0 Å². The van der Waals surface area contributed by atoms with Gasteiger partial charge in [-0.3, -0.25) is 0 Å². The summed E-state index contributed by atoms with van der Waals surface area (Å²) < 4.78 is 175. The first-order valence-electron chi connectivity index (χ1n) is 25.8. The van der Waals surface area contributed by atoms with Gasteiger partial charge in [0.25, 0.3) is 0 Å². The first-order chi connectivity index (χ1) is 38.5. The summed E-state index contributed by atoms with van der Waals surface area (Å²) in [6.45, 7) is 13.7. The third kappa shape index (κ3) is 18.4. The van der Waals surface area contributed by atoms with Crippen LogP contribution in [0, 0.1) is 0 Å². The number of imidazole rings is 2. The van der Waals surface area contributed by atoms with Crippen LogP contribution in [0.1, 0.15) is 114 Å². The fourth-order valence-electron chi connectivity index (χ4n) is 9.12. The van der Waals surface area contributed by atoms with Gasteiger partial charge in [0.1, 0.15) is 11.2 Å². The number of amides is 2. The zero-order valence-corrected chi connectivity index (χ0v) is 47.8. The van der Waals surface area contributed by atoms with E-state index in [9.17, 15) is 62.3 Å². The molecule has 29 heteroatoms. The number of carbonyl (C=O) groups excluding carboxylic acids is 2. The summed E-state index contributed by atoms with van der Waals surface area (Å²) in [4.78, 5) is 59.6. The number of hydrogen-bond acceptors (Lipinski definition) is 12. The minimum absolute atomic E-state index is 0.0886. The van der Waals surface area contributed by atoms with Gasteiger partial charge in [-0.25, -0.2) is 39.5 Å². The Bertz CT molecular complexity index is 2960.